The maximum Gasteiger partial charge on any atom is 1.00 e. The van der Waals surface area contributed by atoms with Gasteiger partial charge in [0, 0.05) is 24.2 Å². The maximum absolute atomic E-state index is 11.4. The molecule has 38 heteroatoms. The van der Waals surface area contributed by atoms with Crippen LogP contribution in [0, 0.1) is 0 Å². The number of nitrogens with one attached hydrogen (secondary N) is 4. The summed E-state index contributed by atoms with van der Waals surface area (Å²) in [6.45, 7) is 9.89. The Kier molecular flexibility index (Phi) is 38.9. The summed E-state index contributed by atoms with van der Waals surface area (Å²) in [5.74, 6) is -3.56. The maximum atomic E-state index is 11.4. The molecule has 4 aromatic heterocycles. The number of esters is 2. The SMILES string of the molecule is CC(COCC(C)Nc1nc(Cl)nc(OCC(=O)[O-])n1)Nc1nc(Cl)nc(OCC(=O)[O-])n1.CCOC(=O)COc1nc(Cl)nc(NC(C)COCC(C)Nc2nc(Cl)nc(OCC(=O)OCC)n2)n1.[Na+].[Na+].[Na+].[OH-]. The van der Waals surface area contributed by atoms with Crippen molar-refractivity contribution in [1.29, 1.82) is 0 Å². The van der Waals surface area contributed by atoms with Crippen LogP contribution in [0.4, 0.5) is 23.8 Å². The predicted molar refractivity (Wildman–Crippen MR) is 241 cm³/mol. The molecule has 4 aromatic rings. The quantitative estimate of drug-likeness (QED) is 0.0278. The number of carboxylic acid groups (broad SMARTS) is 2. The van der Waals surface area contributed by atoms with Crippen LogP contribution in [-0.4, -0.2) is 179 Å². The summed E-state index contributed by atoms with van der Waals surface area (Å²) >= 11 is 23.4. The van der Waals surface area contributed by atoms with Gasteiger partial charge < -0.3 is 84.4 Å². The molecule has 4 heterocycles. The van der Waals surface area contributed by atoms with Crippen molar-refractivity contribution in [3.63, 3.8) is 0 Å². The van der Waals surface area contributed by atoms with Crippen LogP contribution in [0.5, 0.6) is 24.0 Å². The van der Waals surface area contributed by atoms with E-state index in [0.29, 0.717) is 0 Å². The van der Waals surface area contributed by atoms with Crippen LogP contribution in [0.1, 0.15) is 41.5 Å². The van der Waals surface area contributed by atoms with Gasteiger partial charge in [-0.25, -0.2) is 9.59 Å². The van der Waals surface area contributed by atoms with Crippen molar-refractivity contribution >= 4 is 94.1 Å². The molecule has 0 saturated heterocycles. The van der Waals surface area contributed by atoms with Crippen LogP contribution in [0.15, 0.2) is 0 Å². The van der Waals surface area contributed by atoms with Gasteiger partial charge in [-0.3, -0.25) is 0 Å². The number of carbonyl (C=O) groups is 4. The van der Waals surface area contributed by atoms with E-state index in [2.05, 4.69) is 81.1 Å². The van der Waals surface area contributed by atoms with Gasteiger partial charge in [-0.05, 0) is 87.9 Å². The van der Waals surface area contributed by atoms with Gasteiger partial charge in [-0.15, -0.1) is 0 Å². The van der Waals surface area contributed by atoms with Gasteiger partial charge in [0.2, 0.25) is 44.9 Å². The first-order valence-corrected chi connectivity index (χ1v) is 21.9. The number of carboxylic acids is 2. The summed E-state index contributed by atoms with van der Waals surface area (Å²) in [5.41, 5.74) is 0. The van der Waals surface area contributed by atoms with Crippen LogP contribution < -0.4 is 139 Å². The minimum atomic E-state index is -1.44. The van der Waals surface area contributed by atoms with Gasteiger partial charge in [0.25, 0.3) is 0 Å². The van der Waals surface area contributed by atoms with E-state index in [1.165, 1.54) is 0 Å². The van der Waals surface area contributed by atoms with Crippen LogP contribution in [0.3, 0.4) is 0 Å². The Morgan fingerprint density at radius 2 is 0.662 bits per heavy atom. The van der Waals surface area contributed by atoms with E-state index in [1.807, 2.05) is 13.8 Å². The summed E-state index contributed by atoms with van der Waals surface area (Å²) in [5, 5.41) is 32.2. The van der Waals surface area contributed by atoms with Crippen molar-refractivity contribution in [3.05, 3.63) is 21.1 Å². The summed E-state index contributed by atoms with van der Waals surface area (Å²) in [7, 11) is 0. The van der Waals surface area contributed by atoms with Crippen molar-refractivity contribution in [3.8, 4) is 24.0 Å². The third kappa shape index (κ3) is 32.1. The predicted octanol–water partition coefficient (Wildman–Crippen LogP) is -9.66. The number of hydrogen-bond donors (Lipinski definition) is 4. The summed E-state index contributed by atoms with van der Waals surface area (Å²) in [6.07, 6.45) is 0. The van der Waals surface area contributed by atoms with Crippen molar-refractivity contribution < 1.29 is 161 Å². The normalized spacial score (nSPS) is 11.7. The molecule has 0 aliphatic carbocycles. The monoisotopic (exact) mass is 1150 g/mol. The molecule has 0 amide bonds. The fraction of sp³-hybridized carbons (Fsp3) is 0.556. The molecule has 0 aliphatic rings. The van der Waals surface area contributed by atoms with Crippen molar-refractivity contribution in [2.24, 2.45) is 0 Å². The molecule has 0 fully saturated rings. The number of nitrogens with zero attached hydrogens (tertiary/aromatic N) is 12. The molecule has 4 rings (SSSR count). The van der Waals surface area contributed by atoms with E-state index in [4.69, 9.17) is 84.3 Å². The van der Waals surface area contributed by atoms with Crippen molar-refractivity contribution in [2.45, 2.75) is 65.7 Å². The molecule has 0 radical (unpaired) electrons. The average Bonchev–Trinajstić information content (AvgIpc) is 3.26. The number of anilines is 4. The van der Waals surface area contributed by atoms with Gasteiger partial charge in [-0.1, -0.05) is 0 Å². The fourth-order valence-corrected chi connectivity index (χ4v) is 5.24. The second-order valence-electron chi connectivity index (χ2n) is 13.6. The zero-order valence-electron chi connectivity index (χ0n) is 41.4. The average molecular weight is 1150 g/mol. The van der Waals surface area contributed by atoms with E-state index < -0.39 is 37.1 Å². The van der Waals surface area contributed by atoms with E-state index in [0.717, 1.165) is 0 Å². The zero-order valence-corrected chi connectivity index (χ0v) is 50.4. The molecular formula is C36H47Cl4N16Na3O15. The molecular weight excluding hydrogens is 1110 g/mol. The Bertz CT molecular complexity index is 2190. The summed E-state index contributed by atoms with van der Waals surface area (Å²) in [4.78, 5) is 90.4. The van der Waals surface area contributed by atoms with Crippen molar-refractivity contribution in [2.75, 3.05) is 87.3 Å². The topological polar surface area (TPSA) is 421 Å². The Balaban J connectivity index is 0. The van der Waals surface area contributed by atoms with Crippen molar-refractivity contribution in [1.82, 2.24) is 59.8 Å². The van der Waals surface area contributed by atoms with Crippen LogP contribution in [-0.2, 0) is 38.1 Å². The smallest absolute Gasteiger partial charge is 0.870 e. The molecule has 0 spiro atoms. The minimum Gasteiger partial charge on any atom is -0.870 e. The number of carbonyl (C=O) groups excluding carboxylic acids is 4. The standard InChI is InChI=1S/C20H28Cl2N8O7.C16H20Cl2N8O7.3Na.H2O/c1-5-34-13(31)9-36-19-27-15(21)25-17(29-19)23-11(3)7-33-8-12(4)24-18-26-16(22)28-20(30-18)37-10-14(32)35-6-2;1-7(19-13-21-11(17)23-15(25-13)32-5-9(27)28)3-31-4-8(2)20-14-22-12(18)24-16(26-14)33-6-10(29)30;;;;/h11-12H,5-10H2,1-4H3,(H,23,25,27,29)(H,24,26,28,30);7-8H,3-6H2,1-2H3,(H,27,28)(H,29,30)(H,19,21,23,25)(H,20,22,24,26);;;;1H2/q;;3*+1;/p-3. The molecule has 74 heavy (non-hydrogen) atoms. The summed E-state index contributed by atoms with van der Waals surface area (Å²) < 4.78 is 40.9. The number of rotatable bonds is 30. The third-order valence-corrected chi connectivity index (χ3v) is 7.89. The molecule has 4 unspecified atom stereocenters. The van der Waals surface area contributed by atoms with Gasteiger partial charge in [0.05, 0.1) is 51.6 Å². The first-order valence-electron chi connectivity index (χ1n) is 20.4. The molecule has 4 atom stereocenters. The molecule has 392 valence electrons. The summed E-state index contributed by atoms with van der Waals surface area (Å²) in [6, 6.07) is -1.79. The first kappa shape index (κ1) is 72.4. The second-order valence-corrected chi connectivity index (χ2v) is 15.0. The van der Waals surface area contributed by atoms with E-state index >= 15 is 0 Å². The molecule has 0 bridgehead atoms. The Hall–Kier alpha value is -3.64. The van der Waals surface area contributed by atoms with E-state index in [9.17, 15) is 29.4 Å². The van der Waals surface area contributed by atoms with Crippen LogP contribution in [0.25, 0.3) is 0 Å². The van der Waals surface area contributed by atoms with E-state index in [-0.39, 0.29) is 240 Å². The van der Waals surface area contributed by atoms with Gasteiger partial charge in [-0.2, -0.15) is 59.8 Å². The number of ether oxygens (including phenoxy) is 8. The first-order chi connectivity index (χ1) is 33.3. The molecule has 31 nitrogen and oxygen atoms in total. The fourth-order valence-electron chi connectivity index (χ4n) is 4.63. The Morgan fingerprint density at radius 3 is 0.878 bits per heavy atom. The van der Waals surface area contributed by atoms with Crippen LogP contribution >= 0.6 is 46.4 Å². The number of halogens is 4. The van der Waals surface area contributed by atoms with Gasteiger partial charge in [0.15, 0.2) is 13.2 Å². The molecule has 0 aromatic carbocycles. The third-order valence-electron chi connectivity index (χ3n) is 7.21. The van der Waals surface area contributed by atoms with E-state index in [1.54, 1.807) is 27.7 Å². The zero-order chi connectivity index (χ0) is 51.6. The number of hydrogen-bond acceptors (Lipinski definition) is 31. The van der Waals surface area contributed by atoms with Gasteiger partial charge >= 0.3 is 125 Å². The number of aromatic nitrogens is 12. The molecule has 5 N–H and O–H groups in total. The Morgan fingerprint density at radius 1 is 0.432 bits per heavy atom. The largest absolute Gasteiger partial charge is 1.00 e. The molecule has 0 aliphatic heterocycles. The van der Waals surface area contributed by atoms with Crippen LogP contribution in [0.2, 0.25) is 21.1 Å². The Labute approximate surface area is 508 Å². The van der Waals surface area contributed by atoms with Gasteiger partial charge in [0.1, 0.15) is 13.2 Å². The minimum absolute atomic E-state index is 0. The molecule has 0 saturated carbocycles. The number of aliphatic carboxylic acids is 2. The second kappa shape index (κ2) is 39.7.